The summed E-state index contributed by atoms with van der Waals surface area (Å²) in [5, 5.41) is 18.4. The summed E-state index contributed by atoms with van der Waals surface area (Å²) in [5.74, 6) is 0. The summed E-state index contributed by atoms with van der Waals surface area (Å²) in [5.41, 5.74) is 0. The van der Waals surface area contributed by atoms with Crippen molar-refractivity contribution < 1.29 is 14.9 Å². The van der Waals surface area contributed by atoms with Gasteiger partial charge in [0, 0.05) is 0 Å². The van der Waals surface area contributed by atoms with Crippen LogP contribution >= 0.6 is 0 Å². The SMILES string of the molecule is CCCCCCCCCC(CCCCCCCC)OCC(O)CO. The first-order chi connectivity index (χ1) is 11.7. The predicted octanol–water partition coefficient (Wildman–Crippen LogP) is 5.62. The molecule has 2 unspecified atom stereocenters. The van der Waals surface area contributed by atoms with Crippen molar-refractivity contribution in [2.45, 2.75) is 122 Å². The van der Waals surface area contributed by atoms with E-state index in [1.54, 1.807) is 0 Å². The summed E-state index contributed by atoms with van der Waals surface area (Å²) in [7, 11) is 0. The summed E-state index contributed by atoms with van der Waals surface area (Å²) in [6.45, 7) is 4.57. The van der Waals surface area contributed by atoms with Gasteiger partial charge in [0.2, 0.25) is 0 Å². The molecule has 0 spiro atoms. The van der Waals surface area contributed by atoms with E-state index in [-0.39, 0.29) is 19.3 Å². The van der Waals surface area contributed by atoms with Crippen molar-refractivity contribution in [3.63, 3.8) is 0 Å². The Labute approximate surface area is 151 Å². The van der Waals surface area contributed by atoms with Crippen molar-refractivity contribution in [1.29, 1.82) is 0 Å². The molecule has 0 aliphatic carbocycles. The number of hydrogen-bond acceptors (Lipinski definition) is 3. The molecule has 24 heavy (non-hydrogen) atoms. The molecule has 0 rings (SSSR count). The third-order valence-electron chi connectivity index (χ3n) is 4.74. The predicted molar refractivity (Wildman–Crippen MR) is 103 cm³/mol. The molecule has 3 heteroatoms. The van der Waals surface area contributed by atoms with E-state index in [0.29, 0.717) is 0 Å². The average Bonchev–Trinajstić information content (AvgIpc) is 2.60. The molecule has 0 amide bonds. The Kier molecular flexibility index (Phi) is 19.1. The minimum atomic E-state index is -0.730. The van der Waals surface area contributed by atoms with E-state index in [1.165, 1.54) is 83.5 Å². The number of aliphatic hydroxyl groups is 2. The zero-order chi connectivity index (χ0) is 17.9. The van der Waals surface area contributed by atoms with E-state index in [1.807, 2.05) is 0 Å². The Hall–Kier alpha value is -0.120. The zero-order valence-electron chi connectivity index (χ0n) is 16.5. The fourth-order valence-electron chi connectivity index (χ4n) is 3.09. The van der Waals surface area contributed by atoms with Crippen LogP contribution < -0.4 is 0 Å². The molecule has 0 aliphatic heterocycles. The van der Waals surface area contributed by atoms with E-state index >= 15 is 0 Å². The van der Waals surface area contributed by atoms with E-state index in [4.69, 9.17) is 9.84 Å². The van der Waals surface area contributed by atoms with Gasteiger partial charge in [0.25, 0.3) is 0 Å². The Morgan fingerprint density at radius 2 is 1.08 bits per heavy atom. The van der Waals surface area contributed by atoms with Crippen molar-refractivity contribution in [2.75, 3.05) is 13.2 Å². The van der Waals surface area contributed by atoms with Gasteiger partial charge in [0.15, 0.2) is 0 Å². The summed E-state index contributed by atoms with van der Waals surface area (Å²) < 4.78 is 5.86. The third kappa shape index (κ3) is 16.7. The summed E-state index contributed by atoms with van der Waals surface area (Å²) in [4.78, 5) is 0. The number of ether oxygens (including phenoxy) is 1. The van der Waals surface area contributed by atoms with E-state index in [9.17, 15) is 5.11 Å². The van der Waals surface area contributed by atoms with Crippen LogP contribution in [-0.2, 0) is 4.74 Å². The Morgan fingerprint density at radius 3 is 1.50 bits per heavy atom. The molecule has 0 saturated heterocycles. The molecule has 2 N–H and O–H groups in total. The molecule has 0 aliphatic rings. The maximum atomic E-state index is 9.49. The first kappa shape index (κ1) is 23.9. The molecule has 0 bridgehead atoms. The van der Waals surface area contributed by atoms with Crippen LogP contribution in [0, 0.1) is 0 Å². The molecule has 0 saturated carbocycles. The fourth-order valence-corrected chi connectivity index (χ4v) is 3.09. The normalized spacial score (nSPS) is 14.0. The monoisotopic (exact) mass is 344 g/mol. The highest BCUT2D eigenvalue weighted by Gasteiger charge is 2.11. The van der Waals surface area contributed by atoms with Gasteiger partial charge in [0.05, 0.1) is 19.3 Å². The highest BCUT2D eigenvalue weighted by molar-refractivity contribution is 4.62. The topological polar surface area (TPSA) is 49.7 Å². The second kappa shape index (κ2) is 19.2. The summed E-state index contributed by atoms with van der Waals surface area (Å²) >= 11 is 0. The molecule has 146 valence electrons. The van der Waals surface area contributed by atoms with Crippen molar-refractivity contribution in [1.82, 2.24) is 0 Å². The van der Waals surface area contributed by atoms with E-state index in [0.717, 1.165) is 12.8 Å². The van der Waals surface area contributed by atoms with Crippen LogP contribution in [0.1, 0.15) is 110 Å². The number of hydrogen-bond donors (Lipinski definition) is 2. The quantitative estimate of drug-likeness (QED) is 0.299. The Balaban J connectivity index is 3.79. The van der Waals surface area contributed by atoms with Crippen LogP contribution in [0.4, 0.5) is 0 Å². The lowest BCUT2D eigenvalue weighted by atomic mass is 10.0. The van der Waals surface area contributed by atoms with Crippen molar-refractivity contribution in [3.05, 3.63) is 0 Å². The van der Waals surface area contributed by atoms with Gasteiger partial charge in [-0.1, -0.05) is 97.3 Å². The molecular formula is C21H44O3. The lowest BCUT2D eigenvalue weighted by Crippen LogP contribution is -2.24. The van der Waals surface area contributed by atoms with Crippen molar-refractivity contribution in [3.8, 4) is 0 Å². The third-order valence-corrected chi connectivity index (χ3v) is 4.74. The number of unbranched alkanes of at least 4 members (excludes halogenated alkanes) is 11. The second-order valence-electron chi connectivity index (χ2n) is 7.26. The minimum Gasteiger partial charge on any atom is -0.394 e. The lowest BCUT2D eigenvalue weighted by molar-refractivity contribution is -0.0350. The zero-order valence-corrected chi connectivity index (χ0v) is 16.5. The van der Waals surface area contributed by atoms with Crippen molar-refractivity contribution >= 4 is 0 Å². The van der Waals surface area contributed by atoms with Crippen LogP contribution in [-0.4, -0.2) is 35.6 Å². The average molecular weight is 345 g/mol. The Morgan fingerprint density at radius 1 is 0.667 bits per heavy atom. The Bertz CT molecular complexity index is 233. The lowest BCUT2D eigenvalue weighted by Gasteiger charge is -2.19. The standard InChI is InChI=1S/C21H44O3/c1-3-5-7-9-11-13-15-17-21(24-19-20(23)18-22)16-14-12-10-8-6-4-2/h20-23H,3-19H2,1-2H3. The molecule has 0 aromatic rings. The number of aliphatic hydroxyl groups excluding tert-OH is 2. The van der Waals surface area contributed by atoms with Crippen LogP contribution in [0.5, 0.6) is 0 Å². The fraction of sp³-hybridized carbons (Fsp3) is 1.00. The van der Waals surface area contributed by atoms with Gasteiger partial charge in [0.1, 0.15) is 6.10 Å². The maximum Gasteiger partial charge on any atom is 0.100 e. The smallest absolute Gasteiger partial charge is 0.100 e. The van der Waals surface area contributed by atoms with Gasteiger partial charge in [-0.05, 0) is 12.8 Å². The highest BCUT2D eigenvalue weighted by atomic mass is 16.5. The molecule has 2 atom stereocenters. The first-order valence-electron chi connectivity index (χ1n) is 10.6. The van der Waals surface area contributed by atoms with E-state index < -0.39 is 6.10 Å². The van der Waals surface area contributed by atoms with Crippen LogP contribution in [0.25, 0.3) is 0 Å². The molecule has 0 radical (unpaired) electrons. The van der Waals surface area contributed by atoms with Gasteiger partial charge in [-0.25, -0.2) is 0 Å². The minimum absolute atomic E-state index is 0.207. The highest BCUT2D eigenvalue weighted by Crippen LogP contribution is 2.17. The van der Waals surface area contributed by atoms with Gasteiger partial charge >= 0.3 is 0 Å². The molecule has 0 aromatic heterocycles. The molecule has 0 fully saturated rings. The first-order valence-corrected chi connectivity index (χ1v) is 10.6. The van der Waals surface area contributed by atoms with Gasteiger partial charge in [-0.3, -0.25) is 0 Å². The van der Waals surface area contributed by atoms with E-state index in [2.05, 4.69) is 13.8 Å². The van der Waals surface area contributed by atoms with Gasteiger partial charge < -0.3 is 14.9 Å². The molecule has 0 heterocycles. The van der Waals surface area contributed by atoms with Gasteiger partial charge in [-0.2, -0.15) is 0 Å². The van der Waals surface area contributed by atoms with Crippen LogP contribution in [0.2, 0.25) is 0 Å². The second-order valence-corrected chi connectivity index (χ2v) is 7.26. The van der Waals surface area contributed by atoms with Gasteiger partial charge in [-0.15, -0.1) is 0 Å². The largest absolute Gasteiger partial charge is 0.394 e. The molecule has 0 aromatic carbocycles. The maximum absolute atomic E-state index is 9.49. The van der Waals surface area contributed by atoms with Crippen LogP contribution in [0.3, 0.4) is 0 Å². The summed E-state index contributed by atoms with van der Waals surface area (Å²) in [6, 6.07) is 0. The number of rotatable bonds is 19. The summed E-state index contributed by atoms with van der Waals surface area (Å²) in [6.07, 6.45) is 18.8. The van der Waals surface area contributed by atoms with Crippen molar-refractivity contribution in [2.24, 2.45) is 0 Å². The molecular weight excluding hydrogens is 300 g/mol. The molecule has 3 nitrogen and oxygen atoms in total. The van der Waals surface area contributed by atoms with Crippen LogP contribution in [0.15, 0.2) is 0 Å².